The maximum absolute atomic E-state index is 11.5. The fourth-order valence-electron chi connectivity index (χ4n) is 1.73. The minimum atomic E-state index is -2.90. The molecule has 1 aliphatic rings. The molecule has 2 unspecified atom stereocenters. The standard InChI is InChI=1S/C9H19NO2S/c1-7(2)10-6-9(5-8(9)3)13(4,11)12/h7-8,10H,5-6H2,1-4H3. The molecule has 0 heterocycles. The van der Waals surface area contributed by atoms with Gasteiger partial charge in [-0.2, -0.15) is 0 Å². The maximum atomic E-state index is 11.5. The first kappa shape index (κ1) is 11.0. The average Bonchev–Trinajstić information content (AvgIpc) is 2.57. The first-order chi connectivity index (χ1) is 5.79. The lowest BCUT2D eigenvalue weighted by atomic mass is 10.3. The Morgan fingerprint density at radius 2 is 2.00 bits per heavy atom. The van der Waals surface area contributed by atoms with E-state index in [4.69, 9.17) is 0 Å². The number of hydrogen-bond donors (Lipinski definition) is 1. The van der Waals surface area contributed by atoms with Crippen molar-refractivity contribution in [3.8, 4) is 0 Å². The van der Waals surface area contributed by atoms with E-state index in [1.165, 1.54) is 6.26 Å². The summed E-state index contributed by atoms with van der Waals surface area (Å²) in [6.07, 6.45) is 2.16. The minimum Gasteiger partial charge on any atom is -0.313 e. The molecule has 0 radical (unpaired) electrons. The van der Waals surface area contributed by atoms with Gasteiger partial charge in [-0.1, -0.05) is 20.8 Å². The van der Waals surface area contributed by atoms with Crippen LogP contribution in [0.5, 0.6) is 0 Å². The first-order valence-corrected chi connectivity index (χ1v) is 6.62. The van der Waals surface area contributed by atoms with Crippen molar-refractivity contribution < 1.29 is 8.42 Å². The van der Waals surface area contributed by atoms with Gasteiger partial charge >= 0.3 is 0 Å². The fraction of sp³-hybridized carbons (Fsp3) is 1.00. The summed E-state index contributed by atoms with van der Waals surface area (Å²) in [6.45, 7) is 6.67. The summed E-state index contributed by atoms with van der Waals surface area (Å²) in [4.78, 5) is 0. The normalized spacial score (nSPS) is 33.8. The van der Waals surface area contributed by atoms with E-state index in [9.17, 15) is 8.42 Å². The molecular formula is C9H19NO2S. The van der Waals surface area contributed by atoms with Crippen LogP contribution in [0.4, 0.5) is 0 Å². The van der Waals surface area contributed by atoms with Crippen LogP contribution in [-0.4, -0.2) is 32.0 Å². The van der Waals surface area contributed by atoms with E-state index in [0.717, 1.165) is 6.42 Å². The molecule has 0 spiro atoms. The van der Waals surface area contributed by atoms with Crippen molar-refractivity contribution in [2.45, 2.75) is 38.0 Å². The molecule has 4 heteroatoms. The molecular weight excluding hydrogens is 186 g/mol. The van der Waals surface area contributed by atoms with E-state index in [-0.39, 0.29) is 0 Å². The SMILES string of the molecule is CC(C)NCC1(S(C)(=O)=O)CC1C. The van der Waals surface area contributed by atoms with E-state index in [1.807, 2.05) is 20.8 Å². The Bertz CT molecular complexity index is 284. The molecule has 1 fully saturated rings. The largest absolute Gasteiger partial charge is 0.313 e. The van der Waals surface area contributed by atoms with Crippen molar-refractivity contribution in [1.82, 2.24) is 5.32 Å². The Morgan fingerprint density at radius 3 is 2.23 bits per heavy atom. The van der Waals surface area contributed by atoms with Crippen LogP contribution in [-0.2, 0) is 9.84 Å². The zero-order valence-electron chi connectivity index (χ0n) is 8.79. The van der Waals surface area contributed by atoms with Gasteiger partial charge in [-0.15, -0.1) is 0 Å². The molecule has 0 saturated heterocycles. The van der Waals surface area contributed by atoms with E-state index in [1.54, 1.807) is 0 Å². The molecule has 0 aliphatic heterocycles. The molecule has 1 rings (SSSR count). The highest BCUT2D eigenvalue weighted by atomic mass is 32.2. The summed E-state index contributed by atoms with van der Waals surface area (Å²) in [5.41, 5.74) is 0. The molecule has 3 nitrogen and oxygen atoms in total. The molecule has 0 aromatic rings. The third-order valence-electron chi connectivity index (χ3n) is 2.94. The molecule has 0 aromatic heterocycles. The smallest absolute Gasteiger partial charge is 0.154 e. The summed E-state index contributed by atoms with van der Waals surface area (Å²) in [7, 11) is -2.90. The molecule has 0 aromatic carbocycles. The van der Waals surface area contributed by atoms with Gasteiger partial charge in [0, 0.05) is 18.8 Å². The van der Waals surface area contributed by atoms with Crippen molar-refractivity contribution in [1.29, 1.82) is 0 Å². The lowest BCUT2D eigenvalue weighted by Crippen LogP contribution is -2.39. The second kappa shape index (κ2) is 3.24. The minimum absolute atomic E-state index is 0.314. The summed E-state index contributed by atoms with van der Waals surface area (Å²) in [6, 6.07) is 0.353. The van der Waals surface area contributed by atoms with Crippen LogP contribution in [0.3, 0.4) is 0 Å². The van der Waals surface area contributed by atoms with Gasteiger partial charge in [0.2, 0.25) is 0 Å². The number of sulfone groups is 1. The van der Waals surface area contributed by atoms with Crippen molar-refractivity contribution in [2.24, 2.45) is 5.92 Å². The second-order valence-electron chi connectivity index (χ2n) is 4.48. The van der Waals surface area contributed by atoms with Crippen molar-refractivity contribution in [3.63, 3.8) is 0 Å². The summed E-state index contributed by atoms with van der Waals surface area (Å²) in [5.74, 6) is 0.314. The number of hydrogen-bond acceptors (Lipinski definition) is 3. The Morgan fingerprint density at radius 1 is 1.54 bits per heavy atom. The quantitative estimate of drug-likeness (QED) is 0.738. The van der Waals surface area contributed by atoms with Crippen LogP contribution in [0.25, 0.3) is 0 Å². The molecule has 1 N–H and O–H groups in total. The third-order valence-corrected chi connectivity index (χ3v) is 5.13. The van der Waals surface area contributed by atoms with Crippen molar-refractivity contribution in [3.05, 3.63) is 0 Å². The average molecular weight is 205 g/mol. The van der Waals surface area contributed by atoms with E-state index < -0.39 is 14.6 Å². The van der Waals surface area contributed by atoms with Crippen LogP contribution >= 0.6 is 0 Å². The molecule has 0 bridgehead atoms. The van der Waals surface area contributed by atoms with Crippen LogP contribution in [0.2, 0.25) is 0 Å². The van der Waals surface area contributed by atoms with Gasteiger partial charge in [-0.05, 0) is 12.3 Å². The van der Waals surface area contributed by atoms with Gasteiger partial charge in [-0.3, -0.25) is 0 Å². The Labute approximate surface area is 80.8 Å². The van der Waals surface area contributed by atoms with E-state index in [0.29, 0.717) is 18.5 Å². The highest BCUT2D eigenvalue weighted by Crippen LogP contribution is 2.48. The molecule has 78 valence electrons. The van der Waals surface area contributed by atoms with Crippen LogP contribution < -0.4 is 5.32 Å². The summed E-state index contributed by atoms with van der Waals surface area (Å²) in [5, 5.41) is 3.21. The molecule has 13 heavy (non-hydrogen) atoms. The maximum Gasteiger partial charge on any atom is 0.154 e. The van der Waals surface area contributed by atoms with Crippen molar-refractivity contribution in [2.75, 3.05) is 12.8 Å². The topological polar surface area (TPSA) is 46.2 Å². The zero-order valence-corrected chi connectivity index (χ0v) is 9.61. The lowest BCUT2D eigenvalue weighted by molar-refractivity contribution is 0.528. The Kier molecular flexibility index (Phi) is 2.74. The van der Waals surface area contributed by atoms with Gasteiger partial charge in [0.05, 0.1) is 4.75 Å². The lowest BCUT2D eigenvalue weighted by Gasteiger charge is -2.17. The third kappa shape index (κ3) is 2.05. The predicted molar refractivity (Wildman–Crippen MR) is 54.5 cm³/mol. The van der Waals surface area contributed by atoms with E-state index >= 15 is 0 Å². The summed E-state index contributed by atoms with van der Waals surface area (Å²) < 4.78 is 22.5. The van der Waals surface area contributed by atoms with E-state index in [2.05, 4.69) is 5.32 Å². The van der Waals surface area contributed by atoms with Gasteiger partial charge < -0.3 is 5.32 Å². The van der Waals surface area contributed by atoms with Crippen LogP contribution in [0.15, 0.2) is 0 Å². The molecule has 1 saturated carbocycles. The molecule has 0 amide bonds. The first-order valence-electron chi connectivity index (χ1n) is 4.72. The monoisotopic (exact) mass is 205 g/mol. The van der Waals surface area contributed by atoms with Crippen LogP contribution in [0, 0.1) is 5.92 Å². The molecule has 2 atom stereocenters. The summed E-state index contributed by atoms with van der Waals surface area (Å²) >= 11 is 0. The second-order valence-corrected chi connectivity index (χ2v) is 6.84. The van der Waals surface area contributed by atoms with Gasteiger partial charge in [-0.25, -0.2) is 8.42 Å². The highest BCUT2D eigenvalue weighted by molar-refractivity contribution is 7.92. The molecule has 1 aliphatic carbocycles. The Balaban J connectivity index is 2.64. The Hall–Kier alpha value is -0.0900. The predicted octanol–water partition coefficient (Wildman–Crippen LogP) is 0.808. The fourth-order valence-corrected chi connectivity index (χ4v) is 3.36. The number of rotatable bonds is 4. The van der Waals surface area contributed by atoms with Gasteiger partial charge in [0.1, 0.15) is 0 Å². The number of nitrogens with one attached hydrogen (secondary N) is 1. The van der Waals surface area contributed by atoms with Crippen LogP contribution in [0.1, 0.15) is 27.2 Å². The zero-order chi connectivity index (χ0) is 10.3. The highest BCUT2D eigenvalue weighted by Gasteiger charge is 2.58. The van der Waals surface area contributed by atoms with Gasteiger partial charge in [0.25, 0.3) is 0 Å². The van der Waals surface area contributed by atoms with Crippen molar-refractivity contribution >= 4 is 9.84 Å². The van der Waals surface area contributed by atoms with Gasteiger partial charge in [0.15, 0.2) is 9.84 Å².